The Bertz CT molecular complexity index is 741. The highest BCUT2D eigenvalue weighted by Gasteiger charge is 2.22. The Morgan fingerprint density at radius 3 is 2.79 bits per heavy atom. The third-order valence-corrected chi connectivity index (χ3v) is 2.62. The van der Waals surface area contributed by atoms with Crippen LogP contribution in [0.25, 0.3) is 11.0 Å². The Morgan fingerprint density at radius 2 is 2.21 bits per heavy atom. The van der Waals surface area contributed by atoms with Crippen molar-refractivity contribution < 1.29 is 4.79 Å². The summed E-state index contributed by atoms with van der Waals surface area (Å²) in [5.41, 5.74) is -0.482. The second kappa shape index (κ2) is 4.28. The van der Waals surface area contributed by atoms with Crippen LogP contribution in [0.3, 0.4) is 0 Å². The molecule has 0 atom stereocenters. The molecule has 0 aromatic carbocycles. The average Bonchev–Trinajstić information content (AvgIpc) is 2.72. The summed E-state index contributed by atoms with van der Waals surface area (Å²) in [6.07, 6.45) is 6.44. The van der Waals surface area contributed by atoms with Gasteiger partial charge in [-0.2, -0.15) is 0 Å². The molecular weight excluding hydrogens is 244 g/mol. The number of carbonyl (C=O) groups excluding carboxylic acids is 1. The molecule has 0 aliphatic heterocycles. The number of anilines is 1. The molecule has 2 rings (SSSR count). The molecule has 0 spiro atoms. The summed E-state index contributed by atoms with van der Waals surface area (Å²) in [5, 5.41) is 3.04. The van der Waals surface area contributed by atoms with Gasteiger partial charge in [0.1, 0.15) is 17.8 Å². The van der Waals surface area contributed by atoms with Crippen molar-refractivity contribution in [2.75, 3.05) is 5.32 Å². The summed E-state index contributed by atoms with van der Waals surface area (Å²) < 4.78 is 1.05. The second-order valence-corrected chi connectivity index (χ2v) is 5.20. The first kappa shape index (κ1) is 12.9. The fourth-order valence-electron chi connectivity index (χ4n) is 1.48. The summed E-state index contributed by atoms with van der Waals surface area (Å²) in [5.74, 6) is 0.269. The summed E-state index contributed by atoms with van der Waals surface area (Å²) in [6.45, 7) is 5.40. The SMILES string of the molecule is C#Cn1cnc2[nH]c(NC(=O)C(C)(C)C)cc2c1=O. The van der Waals surface area contributed by atoms with Gasteiger partial charge in [-0.25, -0.2) is 9.55 Å². The Labute approximate surface area is 109 Å². The Kier molecular flexibility index (Phi) is 2.91. The van der Waals surface area contributed by atoms with Gasteiger partial charge in [0.2, 0.25) is 5.91 Å². The highest BCUT2D eigenvalue weighted by Crippen LogP contribution is 2.18. The normalized spacial score (nSPS) is 11.3. The second-order valence-electron chi connectivity index (χ2n) is 5.20. The minimum Gasteiger partial charge on any atom is -0.326 e. The molecule has 0 aliphatic carbocycles. The molecule has 0 saturated carbocycles. The zero-order valence-electron chi connectivity index (χ0n) is 10.9. The first-order valence-electron chi connectivity index (χ1n) is 5.71. The Hall–Kier alpha value is -2.55. The van der Waals surface area contributed by atoms with Crippen molar-refractivity contribution in [1.82, 2.24) is 14.5 Å². The lowest BCUT2D eigenvalue weighted by atomic mass is 9.96. The predicted molar refractivity (Wildman–Crippen MR) is 72.7 cm³/mol. The minimum atomic E-state index is -0.524. The molecule has 0 saturated heterocycles. The van der Waals surface area contributed by atoms with E-state index in [2.05, 4.69) is 21.3 Å². The summed E-state index contributed by atoms with van der Waals surface area (Å²) in [7, 11) is 0. The van der Waals surface area contributed by atoms with Gasteiger partial charge in [-0.05, 0) is 6.07 Å². The van der Waals surface area contributed by atoms with Gasteiger partial charge in [0.05, 0.1) is 5.39 Å². The summed E-state index contributed by atoms with van der Waals surface area (Å²) >= 11 is 0. The standard InChI is InChI=1S/C13H14N4O2/c1-5-17-7-14-10-8(11(17)18)6-9(15-10)16-12(19)13(2,3)4/h1,6-7,15H,2-4H3,(H,16,19). The average molecular weight is 258 g/mol. The predicted octanol–water partition coefficient (Wildman–Crippen LogP) is 1.15. The van der Waals surface area contributed by atoms with Crippen molar-refractivity contribution in [2.45, 2.75) is 20.8 Å². The number of fused-ring (bicyclic) bond motifs is 1. The zero-order valence-corrected chi connectivity index (χ0v) is 10.9. The molecule has 98 valence electrons. The number of hydrogen-bond acceptors (Lipinski definition) is 3. The number of nitrogens with one attached hydrogen (secondary N) is 2. The van der Waals surface area contributed by atoms with E-state index < -0.39 is 5.41 Å². The molecule has 0 unspecified atom stereocenters. The third-order valence-electron chi connectivity index (χ3n) is 2.62. The Morgan fingerprint density at radius 1 is 1.53 bits per heavy atom. The molecule has 1 amide bonds. The van der Waals surface area contributed by atoms with Crippen LogP contribution in [0.15, 0.2) is 17.2 Å². The minimum absolute atomic E-state index is 0.156. The molecule has 6 nitrogen and oxygen atoms in total. The van der Waals surface area contributed by atoms with E-state index in [9.17, 15) is 9.59 Å². The molecule has 0 aliphatic rings. The van der Waals surface area contributed by atoms with Crippen molar-refractivity contribution in [3.8, 4) is 12.5 Å². The van der Waals surface area contributed by atoms with Crippen LogP contribution in [0.1, 0.15) is 20.8 Å². The van der Waals surface area contributed by atoms with Gasteiger partial charge >= 0.3 is 0 Å². The van der Waals surface area contributed by atoms with Gasteiger partial charge < -0.3 is 10.3 Å². The van der Waals surface area contributed by atoms with Crippen LogP contribution < -0.4 is 10.9 Å². The largest absolute Gasteiger partial charge is 0.326 e. The number of amides is 1. The lowest BCUT2D eigenvalue weighted by Gasteiger charge is -2.16. The maximum atomic E-state index is 11.9. The quantitative estimate of drug-likeness (QED) is 0.753. The van der Waals surface area contributed by atoms with Crippen molar-refractivity contribution in [3.05, 3.63) is 22.7 Å². The molecule has 2 heterocycles. The van der Waals surface area contributed by atoms with Crippen molar-refractivity contribution >= 4 is 22.8 Å². The van der Waals surface area contributed by atoms with Gasteiger partial charge in [-0.15, -0.1) is 0 Å². The number of terminal acetylenes is 1. The monoisotopic (exact) mass is 258 g/mol. The van der Waals surface area contributed by atoms with E-state index in [1.807, 2.05) is 0 Å². The Balaban J connectivity index is 2.44. The molecule has 2 aromatic rings. The number of hydrogen-bond donors (Lipinski definition) is 2. The van der Waals surface area contributed by atoms with Gasteiger partial charge in [0.15, 0.2) is 0 Å². The van der Waals surface area contributed by atoms with Gasteiger partial charge in [0.25, 0.3) is 5.56 Å². The molecule has 0 radical (unpaired) electrons. The topological polar surface area (TPSA) is 79.8 Å². The first-order valence-corrected chi connectivity index (χ1v) is 5.71. The van der Waals surface area contributed by atoms with Gasteiger partial charge in [0, 0.05) is 11.5 Å². The first-order chi connectivity index (χ1) is 8.82. The van der Waals surface area contributed by atoms with Crippen molar-refractivity contribution in [2.24, 2.45) is 5.41 Å². The number of nitrogens with zero attached hydrogens (tertiary/aromatic N) is 2. The highest BCUT2D eigenvalue weighted by molar-refractivity contribution is 5.95. The highest BCUT2D eigenvalue weighted by atomic mass is 16.2. The summed E-state index contributed by atoms with van der Waals surface area (Å²) in [4.78, 5) is 30.6. The van der Waals surface area contributed by atoms with E-state index >= 15 is 0 Å². The molecule has 2 aromatic heterocycles. The number of H-pyrrole nitrogens is 1. The van der Waals surface area contributed by atoms with Crippen LogP contribution in [-0.4, -0.2) is 20.4 Å². The maximum Gasteiger partial charge on any atom is 0.274 e. The third kappa shape index (κ3) is 2.36. The number of aromatic nitrogens is 3. The lowest BCUT2D eigenvalue weighted by molar-refractivity contribution is -0.123. The fraction of sp³-hybridized carbons (Fsp3) is 0.308. The smallest absolute Gasteiger partial charge is 0.274 e. The molecule has 2 N–H and O–H groups in total. The van der Waals surface area contributed by atoms with Crippen molar-refractivity contribution in [3.63, 3.8) is 0 Å². The molecular formula is C13H14N4O2. The van der Waals surface area contributed by atoms with E-state index in [-0.39, 0.29) is 11.5 Å². The molecule has 19 heavy (non-hydrogen) atoms. The van der Waals surface area contributed by atoms with Gasteiger partial charge in [-0.1, -0.05) is 27.2 Å². The van der Waals surface area contributed by atoms with Crippen molar-refractivity contribution in [1.29, 1.82) is 0 Å². The molecule has 0 fully saturated rings. The molecule has 6 heteroatoms. The van der Waals surface area contributed by atoms with Crippen LogP contribution in [0.2, 0.25) is 0 Å². The number of aromatic amines is 1. The maximum absolute atomic E-state index is 11.9. The zero-order chi connectivity index (χ0) is 14.2. The number of rotatable bonds is 1. The lowest BCUT2D eigenvalue weighted by Crippen LogP contribution is -2.27. The van der Waals surface area contributed by atoms with Crippen LogP contribution in [0.5, 0.6) is 0 Å². The fourth-order valence-corrected chi connectivity index (χ4v) is 1.48. The van der Waals surface area contributed by atoms with E-state index in [0.717, 1.165) is 4.57 Å². The van der Waals surface area contributed by atoms with Crippen LogP contribution in [0.4, 0.5) is 5.82 Å². The van der Waals surface area contributed by atoms with E-state index in [0.29, 0.717) is 16.9 Å². The number of carbonyl (C=O) groups is 1. The van der Waals surface area contributed by atoms with Crippen LogP contribution >= 0.6 is 0 Å². The van der Waals surface area contributed by atoms with E-state index in [4.69, 9.17) is 6.42 Å². The van der Waals surface area contributed by atoms with E-state index in [1.54, 1.807) is 20.8 Å². The van der Waals surface area contributed by atoms with E-state index in [1.165, 1.54) is 12.4 Å². The summed E-state index contributed by atoms with van der Waals surface area (Å²) in [6, 6.07) is 3.73. The van der Waals surface area contributed by atoms with Crippen LogP contribution in [-0.2, 0) is 4.79 Å². The van der Waals surface area contributed by atoms with Gasteiger partial charge in [-0.3, -0.25) is 9.59 Å². The van der Waals surface area contributed by atoms with Crippen LogP contribution in [0, 0.1) is 17.9 Å². The molecule has 0 bridgehead atoms.